The summed E-state index contributed by atoms with van der Waals surface area (Å²) in [4.78, 5) is 12.0. The lowest BCUT2D eigenvalue weighted by Crippen LogP contribution is -2.55. The molecular formula is C13H23NO4. The predicted molar refractivity (Wildman–Crippen MR) is 67.7 cm³/mol. The molecule has 0 spiro atoms. The second-order valence-corrected chi connectivity index (χ2v) is 4.82. The van der Waals surface area contributed by atoms with E-state index < -0.39 is 23.2 Å². The largest absolute Gasteiger partial charge is 0.501 e. The van der Waals surface area contributed by atoms with Crippen LogP contribution in [0.25, 0.3) is 0 Å². The summed E-state index contributed by atoms with van der Waals surface area (Å²) in [5.74, 6) is -1.63. The molecule has 5 heteroatoms. The molecule has 2 unspecified atom stereocenters. The Bertz CT molecular complexity index is 340. The Labute approximate surface area is 108 Å². The maximum absolute atomic E-state index is 12.0. The number of ketones is 1. The number of nitrogens with two attached hydrogens (primary N) is 1. The standard InChI is InChI=1S/C13H23NO4/c1-3-5-7-9-13(17,8-6-4-2)11(16)10(15)12(14)18-9/h9,15,17H,3-8,14H2,1-2H3. The van der Waals surface area contributed by atoms with E-state index in [1.165, 1.54) is 0 Å². The van der Waals surface area contributed by atoms with Crippen LogP contribution in [0.5, 0.6) is 0 Å². The van der Waals surface area contributed by atoms with Crippen LogP contribution in [-0.2, 0) is 9.53 Å². The van der Waals surface area contributed by atoms with Crippen molar-refractivity contribution in [2.45, 2.75) is 64.1 Å². The van der Waals surface area contributed by atoms with Gasteiger partial charge in [0.2, 0.25) is 17.4 Å². The Morgan fingerprint density at radius 2 is 1.94 bits per heavy atom. The molecule has 0 fully saturated rings. The normalized spacial score (nSPS) is 28.4. The maximum Gasteiger partial charge on any atom is 0.237 e. The van der Waals surface area contributed by atoms with E-state index in [-0.39, 0.29) is 12.3 Å². The number of carbonyl (C=O) groups is 1. The molecule has 0 aromatic heterocycles. The number of hydrogen-bond acceptors (Lipinski definition) is 5. The number of ether oxygens (including phenoxy) is 1. The zero-order valence-electron chi connectivity index (χ0n) is 11.1. The summed E-state index contributed by atoms with van der Waals surface area (Å²) in [6.07, 6.45) is 3.50. The molecule has 0 amide bonds. The molecule has 1 aliphatic rings. The Balaban J connectivity index is 2.94. The molecule has 0 aromatic rings. The lowest BCUT2D eigenvalue weighted by atomic mass is 9.82. The predicted octanol–water partition coefficient (Wildman–Crippen LogP) is 1.75. The molecule has 18 heavy (non-hydrogen) atoms. The van der Waals surface area contributed by atoms with Crippen LogP contribution in [0.15, 0.2) is 11.6 Å². The number of Topliss-reactive ketones (excluding diaryl/α,β-unsaturated/α-hetero) is 1. The topological polar surface area (TPSA) is 92.8 Å². The lowest BCUT2D eigenvalue weighted by molar-refractivity contribution is -0.161. The van der Waals surface area contributed by atoms with Gasteiger partial charge >= 0.3 is 0 Å². The van der Waals surface area contributed by atoms with Gasteiger partial charge in [-0.05, 0) is 19.3 Å². The van der Waals surface area contributed by atoms with E-state index in [1.54, 1.807) is 0 Å². The molecule has 4 N–H and O–H groups in total. The van der Waals surface area contributed by atoms with Crippen molar-refractivity contribution in [2.75, 3.05) is 0 Å². The first-order valence-electron chi connectivity index (χ1n) is 6.59. The van der Waals surface area contributed by atoms with Crippen molar-refractivity contribution < 1.29 is 19.7 Å². The molecule has 0 radical (unpaired) electrons. The highest BCUT2D eigenvalue weighted by Crippen LogP contribution is 2.33. The molecule has 0 aliphatic carbocycles. The van der Waals surface area contributed by atoms with Crippen LogP contribution in [0.4, 0.5) is 0 Å². The molecule has 0 bridgehead atoms. The molecule has 0 saturated heterocycles. The number of carbonyl (C=O) groups excluding carboxylic acids is 1. The van der Waals surface area contributed by atoms with Crippen LogP contribution in [0.1, 0.15) is 52.4 Å². The van der Waals surface area contributed by atoms with Gasteiger partial charge in [-0.25, -0.2) is 0 Å². The number of hydrogen-bond donors (Lipinski definition) is 3. The second-order valence-electron chi connectivity index (χ2n) is 4.82. The molecule has 1 rings (SSSR count). The van der Waals surface area contributed by atoms with Crippen LogP contribution in [0, 0.1) is 0 Å². The van der Waals surface area contributed by atoms with Gasteiger partial charge in [-0.2, -0.15) is 0 Å². The van der Waals surface area contributed by atoms with Crippen molar-refractivity contribution >= 4 is 5.78 Å². The highest BCUT2D eigenvalue weighted by atomic mass is 16.5. The Morgan fingerprint density at radius 3 is 2.50 bits per heavy atom. The summed E-state index contributed by atoms with van der Waals surface area (Å²) in [5, 5.41) is 20.1. The minimum absolute atomic E-state index is 0.276. The van der Waals surface area contributed by atoms with Gasteiger partial charge in [-0.1, -0.05) is 33.1 Å². The van der Waals surface area contributed by atoms with Crippen molar-refractivity contribution in [3.8, 4) is 0 Å². The van der Waals surface area contributed by atoms with Gasteiger partial charge in [-0.15, -0.1) is 0 Å². The average molecular weight is 257 g/mol. The van der Waals surface area contributed by atoms with Gasteiger partial charge in [0.25, 0.3) is 0 Å². The summed E-state index contributed by atoms with van der Waals surface area (Å²) in [7, 11) is 0. The monoisotopic (exact) mass is 257 g/mol. The quantitative estimate of drug-likeness (QED) is 0.674. The lowest BCUT2D eigenvalue weighted by Gasteiger charge is -2.38. The highest BCUT2D eigenvalue weighted by molar-refractivity contribution is 6.01. The summed E-state index contributed by atoms with van der Waals surface area (Å²) < 4.78 is 5.32. The summed E-state index contributed by atoms with van der Waals surface area (Å²) in [6, 6.07) is 0. The average Bonchev–Trinajstić information content (AvgIpc) is 2.37. The third kappa shape index (κ3) is 2.77. The molecule has 1 aliphatic heterocycles. The van der Waals surface area contributed by atoms with E-state index in [0.717, 1.165) is 19.3 Å². The van der Waals surface area contributed by atoms with Crippen molar-refractivity contribution in [1.82, 2.24) is 0 Å². The van der Waals surface area contributed by atoms with Crippen molar-refractivity contribution in [1.29, 1.82) is 0 Å². The fourth-order valence-corrected chi connectivity index (χ4v) is 2.18. The minimum Gasteiger partial charge on any atom is -0.501 e. The summed E-state index contributed by atoms with van der Waals surface area (Å²) >= 11 is 0. The van der Waals surface area contributed by atoms with E-state index in [2.05, 4.69) is 0 Å². The van der Waals surface area contributed by atoms with E-state index in [9.17, 15) is 15.0 Å². The van der Waals surface area contributed by atoms with Crippen LogP contribution in [0.3, 0.4) is 0 Å². The van der Waals surface area contributed by atoms with Crippen LogP contribution in [0.2, 0.25) is 0 Å². The van der Waals surface area contributed by atoms with Crippen LogP contribution >= 0.6 is 0 Å². The third-order valence-electron chi connectivity index (χ3n) is 3.37. The number of unbranched alkanes of at least 4 members (excludes halogenated alkanes) is 2. The van der Waals surface area contributed by atoms with Crippen LogP contribution in [-0.4, -0.2) is 27.7 Å². The van der Waals surface area contributed by atoms with E-state index in [1.807, 2.05) is 13.8 Å². The van der Waals surface area contributed by atoms with Crippen molar-refractivity contribution in [2.24, 2.45) is 5.73 Å². The molecule has 0 saturated carbocycles. The first-order chi connectivity index (χ1) is 8.47. The van der Waals surface area contributed by atoms with E-state index in [4.69, 9.17) is 10.5 Å². The van der Waals surface area contributed by atoms with Gasteiger partial charge in [-0.3, -0.25) is 4.79 Å². The van der Waals surface area contributed by atoms with Crippen molar-refractivity contribution in [3.05, 3.63) is 11.6 Å². The Morgan fingerprint density at radius 1 is 1.33 bits per heavy atom. The zero-order valence-corrected chi connectivity index (χ0v) is 11.1. The Kier molecular flexibility index (Phi) is 5.02. The van der Waals surface area contributed by atoms with Gasteiger partial charge in [0.15, 0.2) is 5.60 Å². The summed E-state index contributed by atoms with van der Waals surface area (Å²) in [6.45, 7) is 4.00. The highest BCUT2D eigenvalue weighted by Gasteiger charge is 2.50. The minimum atomic E-state index is -1.64. The van der Waals surface area contributed by atoms with Gasteiger partial charge in [0.1, 0.15) is 6.10 Å². The molecule has 2 atom stereocenters. The number of rotatable bonds is 6. The van der Waals surface area contributed by atoms with Crippen molar-refractivity contribution in [3.63, 3.8) is 0 Å². The number of aliphatic hydroxyl groups is 2. The fraction of sp³-hybridized carbons (Fsp3) is 0.769. The zero-order chi connectivity index (χ0) is 13.8. The second kappa shape index (κ2) is 6.09. The van der Waals surface area contributed by atoms with Crippen LogP contribution < -0.4 is 5.73 Å². The van der Waals surface area contributed by atoms with E-state index >= 15 is 0 Å². The fourth-order valence-electron chi connectivity index (χ4n) is 2.18. The molecular weight excluding hydrogens is 234 g/mol. The summed E-state index contributed by atoms with van der Waals surface area (Å²) in [5.41, 5.74) is 3.82. The molecule has 5 nitrogen and oxygen atoms in total. The van der Waals surface area contributed by atoms with Gasteiger partial charge in [0, 0.05) is 0 Å². The van der Waals surface area contributed by atoms with Gasteiger partial charge < -0.3 is 20.7 Å². The number of aliphatic hydroxyl groups excluding tert-OH is 1. The molecule has 104 valence electrons. The first kappa shape index (κ1) is 14.8. The van der Waals surface area contributed by atoms with E-state index in [0.29, 0.717) is 12.8 Å². The smallest absolute Gasteiger partial charge is 0.237 e. The third-order valence-corrected chi connectivity index (χ3v) is 3.37. The first-order valence-corrected chi connectivity index (χ1v) is 6.59. The Hall–Kier alpha value is -1.23. The maximum atomic E-state index is 12.0. The molecule has 1 heterocycles. The molecule has 0 aromatic carbocycles. The van der Waals surface area contributed by atoms with Gasteiger partial charge in [0.05, 0.1) is 0 Å². The SMILES string of the molecule is CCCCC1OC(N)=C(O)C(=O)C1(O)CCCC.